The van der Waals surface area contributed by atoms with E-state index in [-0.39, 0.29) is 23.3 Å². The van der Waals surface area contributed by atoms with Crippen LogP contribution in [0.3, 0.4) is 0 Å². The van der Waals surface area contributed by atoms with Crippen LogP contribution in [0.25, 0.3) is 0 Å². The van der Waals surface area contributed by atoms with Gasteiger partial charge in [0, 0.05) is 45.0 Å². The van der Waals surface area contributed by atoms with Gasteiger partial charge >= 0.3 is 0 Å². The summed E-state index contributed by atoms with van der Waals surface area (Å²) in [5.74, 6) is -0.126. The third-order valence-electron chi connectivity index (χ3n) is 5.80. The summed E-state index contributed by atoms with van der Waals surface area (Å²) in [5.41, 5.74) is 1.96. The Morgan fingerprint density at radius 2 is 1.61 bits per heavy atom. The van der Waals surface area contributed by atoms with Crippen LogP contribution in [0.5, 0.6) is 0 Å². The molecule has 0 saturated carbocycles. The molecule has 1 aromatic carbocycles. The van der Waals surface area contributed by atoms with Gasteiger partial charge in [-0.3, -0.25) is 19.4 Å². The highest BCUT2D eigenvalue weighted by atomic mass is 32.2. The summed E-state index contributed by atoms with van der Waals surface area (Å²) in [4.78, 5) is 31.0. The summed E-state index contributed by atoms with van der Waals surface area (Å²) in [6.45, 7) is 9.41. The lowest BCUT2D eigenvalue weighted by Crippen LogP contribution is -2.53. The smallest absolute Gasteiger partial charge is 0.238 e. The molecule has 0 unspecified atom stereocenters. The average Bonchev–Trinajstić information content (AvgIpc) is 2.71. The molecular formula is C20H31N5O5S. The van der Waals surface area contributed by atoms with Gasteiger partial charge in [-0.1, -0.05) is 0 Å². The highest BCUT2D eigenvalue weighted by molar-refractivity contribution is 7.89. The number of morpholine rings is 1. The fourth-order valence-electron chi connectivity index (χ4n) is 3.72. The number of sulfonamides is 1. The maximum absolute atomic E-state index is 12.6. The van der Waals surface area contributed by atoms with Crippen LogP contribution in [0.15, 0.2) is 17.0 Å². The number of ether oxygens (including phenoxy) is 1. The summed E-state index contributed by atoms with van der Waals surface area (Å²) in [5, 5.41) is 8.03. The lowest BCUT2D eigenvalue weighted by atomic mass is 10.1. The molecule has 0 bridgehead atoms. The molecule has 0 spiro atoms. The van der Waals surface area contributed by atoms with Crippen LogP contribution in [0.1, 0.15) is 11.1 Å². The van der Waals surface area contributed by atoms with E-state index in [1.54, 1.807) is 6.92 Å². The molecule has 0 aromatic heterocycles. The predicted molar refractivity (Wildman–Crippen MR) is 116 cm³/mol. The lowest BCUT2D eigenvalue weighted by molar-refractivity contribution is -0.135. The zero-order chi connectivity index (χ0) is 22.6. The summed E-state index contributed by atoms with van der Waals surface area (Å²) in [6, 6.07) is 2.88. The minimum atomic E-state index is -3.86. The molecule has 10 nitrogen and oxygen atoms in total. The number of amides is 2. The van der Waals surface area contributed by atoms with Gasteiger partial charge in [-0.15, -0.1) is 0 Å². The monoisotopic (exact) mass is 453 g/mol. The molecule has 2 fully saturated rings. The van der Waals surface area contributed by atoms with Crippen molar-refractivity contribution in [1.29, 1.82) is 0 Å². The average molecular weight is 454 g/mol. The molecule has 2 heterocycles. The number of hydrogen-bond acceptors (Lipinski definition) is 7. The third-order valence-corrected chi connectivity index (χ3v) is 6.69. The highest BCUT2D eigenvalue weighted by Crippen LogP contribution is 2.23. The third kappa shape index (κ3) is 6.47. The van der Waals surface area contributed by atoms with Crippen LogP contribution >= 0.6 is 0 Å². The van der Waals surface area contributed by atoms with Crippen molar-refractivity contribution < 1.29 is 22.7 Å². The molecule has 2 aliphatic rings. The molecule has 0 radical (unpaired) electrons. The SMILES string of the molecule is Cc1cc(S(N)(=O)=O)cc(NC(=O)CN2CCN(C(=O)CN3CCOCC3)CC2)c1C. The van der Waals surface area contributed by atoms with Crippen molar-refractivity contribution in [2.45, 2.75) is 18.7 Å². The van der Waals surface area contributed by atoms with Crippen LogP contribution in [-0.2, 0) is 24.3 Å². The van der Waals surface area contributed by atoms with E-state index in [0.29, 0.717) is 51.6 Å². The molecular weight excluding hydrogens is 422 g/mol. The van der Waals surface area contributed by atoms with Crippen molar-refractivity contribution in [3.8, 4) is 0 Å². The highest BCUT2D eigenvalue weighted by Gasteiger charge is 2.24. The van der Waals surface area contributed by atoms with Gasteiger partial charge < -0.3 is 15.0 Å². The summed E-state index contributed by atoms with van der Waals surface area (Å²) >= 11 is 0. The summed E-state index contributed by atoms with van der Waals surface area (Å²) in [6.07, 6.45) is 0. The Morgan fingerprint density at radius 3 is 2.23 bits per heavy atom. The quantitative estimate of drug-likeness (QED) is 0.587. The van der Waals surface area contributed by atoms with Crippen LogP contribution < -0.4 is 10.5 Å². The Kier molecular flexibility index (Phi) is 7.65. The van der Waals surface area contributed by atoms with Crippen molar-refractivity contribution >= 4 is 27.5 Å². The molecule has 3 rings (SSSR count). The van der Waals surface area contributed by atoms with Crippen LogP contribution in [0.4, 0.5) is 5.69 Å². The summed E-state index contributed by atoms with van der Waals surface area (Å²) < 4.78 is 28.7. The number of aryl methyl sites for hydroxylation is 1. The number of piperazine rings is 1. The molecule has 2 saturated heterocycles. The van der Waals surface area contributed by atoms with Crippen molar-refractivity contribution in [3.05, 3.63) is 23.3 Å². The Bertz CT molecular complexity index is 922. The molecule has 1 aromatic rings. The number of nitrogens with one attached hydrogen (secondary N) is 1. The van der Waals surface area contributed by atoms with Gasteiger partial charge in [0.15, 0.2) is 0 Å². The van der Waals surface area contributed by atoms with Gasteiger partial charge in [0.2, 0.25) is 21.8 Å². The van der Waals surface area contributed by atoms with E-state index in [1.165, 1.54) is 12.1 Å². The van der Waals surface area contributed by atoms with E-state index in [4.69, 9.17) is 9.88 Å². The Labute approximate surface area is 183 Å². The Balaban J connectivity index is 1.50. The number of carbonyl (C=O) groups excluding carboxylic acids is 2. The number of anilines is 1. The molecule has 0 atom stereocenters. The first-order valence-electron chi connectivity index (χ1n) is 10.4. The van der Waals surface area contributed by atoms with E-state index in [0.717, 1.165) is 24.2 Å². The largest absolute Gasteiger partial charge is 0.379 e. The fraction of sp³-hybridized carbons (Fsp3) is 0.600. The van der Waals surface area contributed by atoms with E-state index in [2.05, 4.69) is 10.2 Å². The Hall–Kier alpha value is -2.05. The first kappa shape index (κ1) is 23.6. The molecule has 2 amide bonds. The predicted octanol–water partition coefficient (Wildman–Crippen LogP) is -0.634. The minimum Gasteiger partial charge on any atom is -0.379 e. The number of rotatable bonds is 6. The van der Waals surface area contributed by atoms with E-state index in [9.17, 15) is 18.0 Å². The Morgan fingerprint density at radius 1 is 1.00 bits per heavy atom. The second kappa shape index (κ2) is 10.0. The number of carbonyl (C=O) groups is 2. The maximum atomic E-state index is 12.6. The fourth-order valence-corrected chi connectivity index (χ4v) is 4.34. The number of nitrogens with two attached hydrogens (primary N) is 1. The second-order valence-electron chi connectivity index (χ2n) is 8.05. The number of primary sulfonamides is 1. The first-order chi connectivity index (χ1) is 14.6. The van der Waals surface area contributed by atoms with Gasteiger partial charge in [0.05, 0.1) is 31.2 Å². The molecule has 0 aliphatic carbocycles. The second-order valence-corrected chi connectivity index (χ2v) is 9.61. The van der Waals surface area contributed by atoms with Gasteiger partial charge in [0.1, 0.15) is 0 Å². The standard InChI is InChI=1S/C20H31N5O5S/c1-15-11-17(31(21,28)29)12-18(16(15)2)22-19(26)13-23-3-5-25(6-4-23)20(27)14-24-7-9-30-10-8-24/h11-12H,3-10,13-14H2,1-2H3,(H,22,26)(H2,21,28,29). The summed E-state index contributed by atoms with van der Waals surface area (Å²) in [7, 11) is -3.86. The minimum absolute atomic E-state index is 0.0294. The van der Waals surface area contributed by atoms with E-state index in [1.807, 2.05) is 16.7 Å². The lowest BCUT2D eigenvalue weighted by Gasteiger charge is -2.36. The van der Waals surface area contributed by atoms with Crippen molar-refractivity contribution in [3.63, 3.8) is 0 Å². The number of hydrogen-bond donors (Lipinski definition) is 2. The van der Waals surface area contributed by atoms with Crippen molar-refractivity contribution in [1.82, 2.24) is 14.7 Å². The van der Waals surface area contributed by atoms with E-state index >= 15 is 0 Å². The molecule has 2 aliphatic heterocycles. The maximum Gasteiger partial charge on any atom is 0.238 e. The van der Waals surface area contributed by atoms with Crippen molar-refractivity contribution in [2.75, 3.05) is 70.9 Å². The first-order valence-corrected chi connectivity index (χ1v) is 11.9. The zero-order valence-corrected chi connectivity index (χ0v) is 18.9. The number of benzene rings is 1. The molecule has 11 heteroatoms. The topological polar surface area (TPSA) is 125 Å². The van der Waals surface area contributed by atoms with Gasteiger partial charge in [0.25, 0.3) is 0 Å². The number of nitrogens with zero attached hydrogens (tertiary/aromatic N) is 3. The van der Waals surface area contributed by atoms with Gasteiger partial charge in [-0.2, -0.15) is 0 Å². The molecule has 172 valence electrons. The van der Waals surface area contributed by atoms with Crippen LogP contribution in [0.2, 0.25) is 0 Å². The normalized spacial score (nSPS) is 18.7. The van der Waals surface area contributed by atoms with Crippen LogP contribution in [-0.4, -0.2) is 101 Å². The molecule has 3 N–H and O–H groups in total. The van der Waals surface area contributed by atoms with Gasteiger partial charge in [-0.05, 0) is 37.1 Å². The molecule has 31 heavy (non-hydrogen) atoms. The zero-order valence-electron chi connectivity index (χ0n) is 18.1. The van der Waals surface area contributed by atoms with Gasteiger partial charge in [-0.25, -0.2) is 13.6 Å². The van der Waals surface area contributed by atoms with E-state index < -0.39 is 10.0 Å². The van der Waals surface area contributed by atoms with Crippen LogP contribution in [0, 0.1) is 13.8 Å². The van der Waals surface area contributed by atoms with Crippen molar-refractivity contribution in [2.24, 2.45) is 5.14 Å².